The van der Waals surface area contributed by atoms with E-state index < -0.39 is 5.60 Å². The van der Waals surface area contributed by atoms with Crippen molar-refractivity contribution in [3.63, 3.8) is 0 Å². The molecule has 1 aromatic heterocycles. The number of hydrogen-bond acceptors (Lipinski definition) is 7. The zero-order valence-electron chi connectivity index (χ0n) is 9.94. The number of aromatic nitrogens is 3. The second-order valence-corrected chi connectivity index (χ2v) is 4.02. The number of anilines is 1. The summed E-state index contributed by atoms with van der Waals surface area (Å²) in [4.78, 5) is 11.9. The van der Waals surface area contributed by atoms with Crippen LogP contribution in [-0.4, -0.2) is 27.2 Å². The van der Waals surface area contributed by atoms with E-state index in [-0.39, 0.29) is 18.0 Å². The Morgan fingerprint density at radius 3 is 2.31 bits per heavy atom. The van der Waals surface area contributed by atoms with Crippen LogP contribution < -0.4 is 20.7 Å². The third kappa shape index (κ3) is 3.85. The summed E-state index contributed by atoms with van der Waals surface area (Å²) in [7, 11) is 0. The summed E-state index contributed by atoms with van der Waals surface area (Å²) in [6.07, 6.45) is 0. The molecule has 0 aliphatic rings. The minimum Gasteiger partial charge on any atom is -0.464 e. The molecule has 90 valence electrons. The molecule has 7 heteroatoms. The molecule has 0 atom stereocenters. The van der Waals surface area contributed by atoms with Crippen LogP contribution in [0.4, 0.5) is 5.95 Å². The fraction of sp³-hybridized carbons (Fsp3) is 0.667. The van der Waals surface area contributed by atoms with Crippen LogP contribution >= 0.6 is 0 Å². The average Bonchev–Trinajstić information content (AvgIpc) is 2.15. The Labute approximate surface area is 94.4 Å². The Kier molecular flexibility index (Phi) is 3.83. The van der Waals surface area contributed by atoms with E-state index >= 15 is 0 Å². The number of rotatable bonds is 4. The first-order valence-corrected chi connectivity index (χ1v) is 4.99. The van der Waals surface area contributed by atoms with Crippen LogP contribution in [0.3, 0.4) is 0 Å². The Bertz CT molecular complexity index is 350. The fourth-order valence-electron chi connectivity index (χ4n) is 0.916. The van der Waals surface area contributed by atoms with Crippen LogP contribution in [0.1, 0.15) is 27.7 Å². The summed E-state index contributed by atoms with van der Waals surface area (Å²) in [5.74, 6) is 5.44. The van der Waals surface area contributed by atoms with Gasteiger partial charge in [-0.3, -0.25) is 5.43 Å². The highest BCUT2D eigenvalue weighted by atomic mass is 16.5. The standard InChI is InChI=1S/C9H17N5O2/c1-5-15-7-11-6(14-10)12-8(13-7)16-9(2,3)4/h5,10H2,1-4H3,(H,11,12,13,14). The van der Waals surface area contributed by atoms with Gasteiger partial charge in [-0.05, 0) is 27.7 Å². The van der Waals surface area contributed by atoms with Gasteiger partial charge in [0.25, 0.3) is 0 Å². The highest BCUT2D eigenvalue weighted by Crippen LogP contribution is 2.17. The number of nitrogens with zero attached hydrogens (tertiary/aromatic N) is 3. The highest BCUT2D eigenvalue weighted by Gasteiger charge is 2.16. The molecule has 0 unspecified atom stereocenters. The zero-order chi connectivity index (χ0) is 12.2. The molecule has 0 saturated heterocycles. The first-order chi connectivity index (χ1) is 7.44. The minimum absolute atomic E-state index is 0.180. The second kappa shape index (κ2) is 4.93. The molecule has 0 spiro atoms. The van der Waals surface area contributed by atoms with Crippen molar-refractivity contribution in [2.75, 3.05) is 12.0 Å². The summed E-state index contributed by atoms with van der Waals surface area (Å²) in [6.45, 7) is 7.98. The van der Waals surface area contributed by atoms with Gasteiger partial charge in [0.1, 0.15) is 5.60 Å². The maximum atomic E-state index is 5.49. The van der Waals surface area contributed by atoms with Crippen LogP contribution in [0.25, 0.3) is 0 Å². The van der Waals surface area contributed by atoms with E-state index in [1.165, 1.54) is 0 Å². The van der Waals surface area contributed by atoms with E-state index in [2.05, 4.69) is 20.4 Å². The first kappa shape index (κ1) is 12.4. The maximum absolute atomic E-state index is 5.49. The molecule has 3 N–H and O–H groups in total. The normalized spacial score (nSPS) is 11.1. The number of hydrogen-bond donors (Lipinski definition) is 2. The number of ether oxygens (including phenoxy) is 2. The van der Waals surface area contributed by atoms with Crippen molar-refractivity contribution in [1.29, 1.82) is 0 Å². The van der Waals surface area contributed by atoms with E-state index in [0.717, 1.165) is 0 Å². The van der Waals surface area contributed by atoms with E-state index in [4.69, 9.17) is 15.3 Å². The summed E-state index contributed by atoms with van der Waals surface area (Å²) in [6, 6.07) is 0.364. The Balaban J connectivity index is 2.95. The SMILES string of the molecule is CCOc1nc(NN)nc(OC(C)(C)C)n1. The highest BCUT2D eigenvalue weighted by molar-refractivity contribution is 5.25. The number of nitrogens with two attached hydrogens (primary N) is 1. The van der Waals surface area contributed by atoms with Crippen LogP contribution in [0.2, 0.25) is 0 Å². The molecule has 1 heterocycles. The number of hydrazine groups is 1. The molecule has 0 aromatic carbocycles. The monoisotopic (exact) mass is 227 g/mol. The van der Waals surface area contributed by atoms with E-state index in [1.807, 2.05) is 27.7 Å². The molecular weight excluding hydrogens is 210 g/mol. The maximum Gasteiger partial charge on any atom is 0.324 e. The zero-order valence-corrected chi connectivity index (χ0v) is 9.94. The molecule has 16 heavy (non-hydrogen) atoms. The molecule has 0 aliphatic heterocycles. The van der Waals surface area contributed by atoms with Crippen LogP contribution in [0.5, 0.6) is 12.0 Å². The van der Waals surface area contributed by atoms with Crippen molar-refractivity contribution in [3.8, 4) is 12.0 Å². The largest absolute Gasteiger partial charge is 0.464 e. The lowest BCUT2D eigenvalue weighted by Crippen LogP contribution is -2.25. The van der Waals surface area contributed by atoms with E-state index in [1.54, 1.807) is 0 Å². The van der Waals surface area contributed by atoms with E-state index in [9.17, 15) is 0 Å². The van der Waals surface area contributed by atoms with Gasteiger partial charge in [0.05, 0.1) is 6.61 Å². The first-order valence-electron chi connectivity index (χ1n) is 4.99. The Morgan fingerprint density at radius 1 is 1.19 bits per heavy atom. The molecule has 0 amide bonds. The predicted molar refractivity (Wildman–Crippen MR) is 59.2 cm³/mol. The molecule has 1 aromatic rings. The summed E-state index contributed by atoms with van der Waals surface area (Å²) < 4.78 is 10.7. The molecule has 0 saturated carbocycles. The van der Waals surface area contributed by atoms with Gasteiger partial charge in [-0.25, -0.2) is 5.84 Å². The van der Waals surface area contributed by atoms with Crippen molar-refractivity contribution in [1.82, 2.24) is 15.0 Å². The van der Waals surface area contributed by atoms with Crippen LogP contribution in [-0.2, 0) is 0 Å². The summed E-state index contributed by atoms with van der Waals surface area (Å²) in [5, 5.41) is 0. The van der Waals surface area contributed by atoms with Crippen molar-refractivity contribution >= 4 is 5.95 Å². The molecule has 0 fully saturated rings. The van der Waals surface area contributed by atoms with Crippen molar-refractivity contribution < 1.29 is 9.47 Å². The van der Waals surface area contributed by atoms with Crippen LogP contribution in [0.15, 0.2) is 0 Å². The molecular formula is C9H17N5O2. The van der Waals surface area contributed by atoms with Crippen molar-refractivity contribution in [2.45, 2.75) is 33.3 Å². The topological polar surface area (TPSA) is 95.2 Å². The van der Waals surface area contributed by atoms with Gasteiger partial charge in [-0.1, -0.05) is 0 Å². The molecule has 0 radical (unpaired) electrons. The summed E-state index contributed by atoms with van der Waals surface area (Å²) in [5.41, 5.74) is 1.94. The smallest absolute Gasteiger partial charge is 0.324 e. The third-order valence-corrected chi connectivity index (χ3v) is 1.39. The molecule has 0 bridgehead atoms. The average molecular weight is 227 g/mol. The minimum atomic E-state index is -0.392. The predicted octanol–water partition coefficient (Wildman–Crippen LogP) is 0.733. The number of nitrogens with one attached hydrogen (secondary N) is 1. The van der Waals surface area contributed by atoms with E-state index in [0.29, 0.717) is 6.61 Å². The fourth-order valence-corrected chi connectivity index (χ4v) is 0.916. The molecule has 0 aliphatic carbocycles. The molecule has 7 nitrogen and oxygen atoms in total. The molecule has 1 rings (SSSR count). The van der Waals surface area contributed by atoms with Gasteiger partial charge in [0.2, 0.25) is 5.95 Å². The lowest BCUT2D eigenvalue weighted by atomic mass is 10.2. The van der Waals surface area contributed by atoms with Gasteiger partial charge in [0, 0.05) is 0 Å². The third-order valence-electron chi connectivity index (χ3n) is 1.39. The van der Waals surface area contributed by atoms with Gasteiger partial charge in [-0.2, -0.15) is 9.97 Å². The quantitative estimate of drug-likeness (QED) is 0.578. The van der Waals surface area contributed by atoms with Gasteiger partial charge in [-0.15, -0.1) is 4.98 Å². The number of nitrogen functional groups attached to an aromatic ring is 1. The van der Waals surface area contributed by atoms with Crippen molar-refractivity contribution in [2.24, 2.45) is 5.84 Å². The Hall–Kier alpha value is -1.63. The lowest BCUT2D eigenvalue weighted by molar-refractivity contribution is 0.114. The van der Waals surface area contributed by atoms with Gasteiger partial charge in [0.15, 0.2) is 0 Å². The summed E-state index contributed by atoms with van der Waals surface area (Å²) >= 11 is 0. The lowest BCUT2D eigenvalue weighted by Gasteiger charge is -2.19. The van der Waals surface area contributed by atoms with Crippen LogP contribution in [0, 0.1) is 0 Å². The van der Waals surface area contributed by atoms with Crippen molar-refractivity contribution in [3.05, 3.63) is 0 Å². The second-order valence-electron chi connectivity index (χ2n) is 4.02. The van der Waals surface area contributed by atoms with Gasteiger partial charge >= 0.3 is 12.0 Å². The van der Waals surface area contributed by atoms with Gasteiger partial charge < -0.3 is 9.47 Å². The Morgan fingerprint density at radius 2 is 1.81 bits per heavy atom.